The second kappa shape index (κ2) is 6.27. The molecule has 2 unspecified atom stereocenters. The fourth-order valence-corrected chi connectivity index (χ4v) is 2.75. The maximum Gasteiger partial charge on any atom is 0.257 e. The molecule has 1 aliphatic heterocycles. The molecule has 1 aliphatic rings. The molecule has 0 bridgehead atoms. The molecule has 2 N–H and O–H groups in total. The Labute approximate surface area is 120 Å². The Morgan fingerprint density at radius 2 is 2.15 bits per heavy atom. The largest absolute Gasteiger partial charge is 0.490 e. The number of rotatable bonds is 4. The summed E-state index contributed by atoms with van der Waals surface area (Å²) in [6, 6.07) is 7.70. The van der Waals surface area contributed by atoms with Crippen molar-refractivity contribution < 1.29 is 9.53 Å². The number of carbonyl (C=O) groups excluding carboxylic acids is 1. The average Bonchev–Trinajstić information content (AvgIpc) is 2.79. The van der Waals surface area contributed by atoms with Crippen molar-refractivity contribution in [2.24, 2.45) is 11.7 Å². The molecule has 1 heterocycles. The number of amides is 1. The predicted octanol–water partition coefficient (Wildman–Crippen LogP) is 2.28. The van der Waals surface area contributed by atoms with Crippen LogP contribution in [0.1, 0.15) is 37.6 Å². The lowest BCUT2D eigenvalue weighted by atomic mass is 10.1. The van der Waals surface area contributed by atoms with Crippen LogP contribution < -0.4 is 10.5 Å². The number of nitrogens with two attached hydrogens (primary N) is 1. The number of hydrogen-bond acceptors (Lipinski definition) is 3. The van der Waals surface area contributed by atoms with Crippen LogP contribution in [0.2, 0.25) is 0 Å². The second-order valence-electron chi connectivity index (χ2n) is 5.81. The van der Waals surface area contributed by atoms with Crippen molar-refractivity contribution in [3.63, 3.8) is 0 Å². The van der Waals surface area contributed by atoms with Crippen LogP contribution in [0.5, 0.6) is 5.75 Å². The summed E-state index contributed by atoms with van der Waals surface area (Å²) in [7, 11) is 0. The first kappa shape index (κ1) is 14.9. The Kier molecular flexibility index (Phi) is 4.65. The van der Waals surface area contributed by atoms with Gasteiger partial charge in [-0.3, -0.25) is 4.79 Å². The van der Waals surface area contributed by atoms with Gasteiger partial charge in [0.25, 0.3) is 5.91 Å². The zero-order valence-corrected chi connectivity index (χ0v) is 12.5. The molecule has 0 saturated carbocycles. The molecule has 4 nitrogen and oxygen atoms in total. The van der Waals surface area contributed by atoms with Crippen molar-refractivity contribution in [3.05, 3.63) is 29.8 Å². The smallest absolute Gasteiger partial charge is 0.257 e. The summed E-state index contributed by atoms with van der Waals surface area (Å²) in [6.45, 7) is 7.39. The third-order valence-corrected chi connectivity index (χ3v) is 3.74. The van der Waals surface area contributed by atoms with Crippen LogP contribution in [0, 0.1) is 5.92 Å². The van der Waals surface area contributed by atoms with Crippen LogP contribution in [0.25, 0.3) is 0 Å². The fourth-order valence-electron chi connectivity index (χ4n) is 2.75. The van der Waals surface area contributed by atoms with E-state index in [1.165, 1.54) is 0 Å². The standard InChI is InChI=1S/C16H24N2O2/c1-11(2)20-15-7-5-4-6-14(15)16(19)18-10-13(9-17)8-12(18)3/h4-7,11-13H,8-10,17H2,1-3H3. The molecule has 0 radical (unpaired) electrons. The first-order chi connectivity index (χ1) is 9.52. The Balaban J connectivity index is 2.21. The van der Waals surface area contributed by atoms with E-state index in [0.717, 1.165) is 13.0 Å². The summed E-state index contributed by atoms with van der Waals surface area (Å²) in [5.41, 5.74) is 6.37. The van der Waals surface area contributed by atoms with Crippen LogP contribution in [-0.2, 0) is 0 Å². The normalized spacial score (nSPS) is 22.4. The lowest BCUT2D eigenvalue weighted by Crippen LogP contribution is -2.34. The van der Waals surface area contributed by atoms with E-state index < -0.39 is 0 Å². The summed E-state index contributed by atoms with van der Waals surface area (Å²) in [6.07, 6.45) is 1.03. The zero-order chi connectivity index (χ0) is 14.7. The van der Waals surface area contributed by atoms with Crippen LogP contribution in [0.15, 0.2) is 24.3 Å². The van der Waals surface area contributed by atoms with Gasteiger partial charge in [-0.05, 0) is 51.8 Å². The average molecular weight is 276 g/mol. The molecular weight excluding hydrogens is 252 g/mol. The first-order valence-corrected chi connectivity index (χ1v) is 7.29. The maximum absolute atomic E-state index is 12.7. The van der Waals surface area contributed by atoms with Crippen molar-refractivity contribution in [1.29, 1.82) is 0 Å². The number of likely N-dealkylation sites (tertiary alicyclic amines) is 1. The summed E-state index contributed by atoms with van der Waals surface area (Å²) in [5, 5.41) is 0. The van der Waals surface area contributed by atoms with Gasteiger partial charge in [0.05, 0.1) is 11.7 Å². The van der Waals surface area contributed by atoms with Gasteiger partial charge < -0.3 is 15.4 Å². The Morgan fingerprint density at radius 1 is 1.45 bits per heavy atom. The Bertz CT molecular complexity index is 473. The van der Waals surface area contributed by atoms with Crippen molar-refractivity contribution in [3.8, 4) is 5.75 Å². The lowest BCUT2D eigenvalue weighted by molar-refractivity contribution is 0.0737. The molecule has 1 amide bonds. The van der Waals surface area contributed by atoms with E-state index in [1.54, 1.807) is 0 Å². The molecule has 0 aromatic heterocycles. The number of nitrogens with zero attached hydrogens (tertiary/aromatic N) is 1. The Hall–Kier alpha value is -1.55. The summed E-state index contributed by atoms with van der Waals surface area (Å²) >= 11 is 0. The fraction of sp³-hybridized carbons (Fsp3) is 0.562. The van der Waals surface area contributed by atoms with E-state index in [2.05, 4.69) is 6.92 Å². The maximum atomic E-state index is 12.7. The van der Waals surface area contributed by atoms with E-state index in [1.807, 2.05) is 43.0 Å². The minimum absolute atomic E-state index is 0.0460. The van der Waals surface area contributed by atoms with Gasteiger partial charge in [-0.1, -0.05) is 12.1 Å². The van der Waals surface area contributed by atoms with Crippen molar-refractivity contribution in [2.45, 2.75) is 39.3 Å². The van der Waals surface area contributed by atoms with Crippen molar-refractivity contribution in [2.75, 3.05) is 13.1 Å². The van der Waals surface area contributed by atoms with Gasteiger partial charge in [-0.15, -0.1) is 0 Å². The van der Waals surface area contributed by atoms with Gasteiger partial charge in [0.15, 0.2) is 0 Å². The lowest BCUT2D eigenvalue weighted by Gasteiger charge is -2.23. The van der Waals surface area contributed by atoms with Gasteiger partial charge in [0.2, 0.25) is 0 Å². The molecule has 110 valence electrons. The molecule has 1 aromatic rings. The quantitative estimate of drug-likeness (QED) is 0.918. The van der Waals surface area contributed by atoms with E-state index in [9.17, 15) is 4.79 Å². The van der Waals surface area contributed by atoms with E-state index in [-0.39, 0.29) is 18.1 Å². The highest BCUT2D eigenvalue weighted by molar-refractivity contribution is 5.97. The van der Waals surface area contributed by atoms with Gasteiger partial charge in [-0.25, -0.2) is 0 Å². The number of carbonyl (C=O) groups is 1. The molecule has 1 aromatic carbocycles. The van der Waals surface area contributed by atoms with Gasteiger partial charge >= 0.3 is 0 Å². The molecule has 0 aliphatic carbocycles. The molecule has 1 saturated heterocycles. The number of benzene rings is 1. The Morgan fingerprint density at radius 3 is 2.75 bits per heavy atom. The predicted molar refractivity (Wildman–Crippen MR) is 79.9 cm³/mol. The SMILES string of the molecule is CC(C)Oc1ccccc1C(=O)N1CC(CN)CC1C. The molecular formula is C16H24N2O2. The summed E-state index contributed by atoms with van der Waals surface area (Å²) < 4.78 is 5.74. The zero-order valence-electron chi connectivity index (χ0n) is 12.5. The molecule has 2 rings (SSSR count). The molecule has 0 spiro atoms. The first-order valence-electron chi connectivity index (χ1n) is 7.29. The van der Waals surface area contributed by atoms with Crippen LogP contribution in [-0.4, -0.2) is 36.0 Å². The second-order valence-corrected chi connectivity index (χ2v) is 5.81. The number of hydrogen-bond donors (Lipinski definition) is 1. The van der Waals surface area contributed by atoms with Gasteiger partial charge in [0.1, 0.15) is 5.75 Å². The summed E-state index contributed by atoms with van der Waals surface area (Å²) in [5.74, 6) is 1.12. The third kappa shape index (κ3) is 3.12. The number of ether oxygens (including phenoxy) is 1. The van der Waals surface area contributed by atoms with E-state index in [4.69, 9.17) is 10.5 Å². The topological polar surface area (TPSA) is 55.6 Å². The van der Waals surface area contributed by atoms with Gasteiger partial charge in [0, 0.05) is 12.6 Å². The van der Waals surface area contributed by atoms with Crippen molar-refractivity contribution in [1.82, 2.24) is 4.90 Å². The van der Waals surface area contributed by atoms with E-state index in [0.29, 0.717) is 23.8 Å². The van der Waals surface area contributed by atoms with E-state index >= 15 is 0 Å². The minimum atomic E-state index is 0.0460. The van der Waals surface area contributed by atoms with Crippen LogP contribution >= 0.6 is 0 Å². The van der Waals surface area contributed by atoms with Gasteiger partial charge in [-0.2, -0.15) is 0 Å². The molecule has 4 heteroatoms. The highest BCUT2D eigenvalue weighted by atomic mass is 16.5. The van der Waals surface area contributed by atoms with Crippen LogP contribution in [0.3, 0.4) is 0 Å². The summed E-state index contributed by atoms with van der Waals surface area (Å²) in [4.78, 5) is 14.6. The highest BCUT2D eigenvalue weighted by Gasteiger charge is 2.33. The van der Waals surface area contributed by atoms with Crippen LogP contribution in [0.4, 0.5) is 0 Å². The minimum Gasteiger partial charge on any atom is -0.490 e. The number of para-hydroxylation sites is 1. The highest BCUT2D eigenvalue weighted by Crippen LogP contribution is 2.27. The molecule has 20 heavy (non-hydrogen) atoms. The molecule has 2 atom stereocenters. The van der Waals surface area contributed by atoms with Crippen molar-refractivity contribution >= 4 is 5.91 Å². The molecule has 1 fully saturated rings. The third-order valence-electron chi connectivity index (χ3n) is 3.74. The monoisotopic (exact) mass is 276 g/mol.